The zero-order chi connectivity index (χ0) is 13.7. The van der Waals surface area contributed by atoms with Crippen LogP contribution in [0.5, 0.6) is 0 Å². The third-order valence-electron chi connectivity index (χ3n) is 3.52. The number of β-amino-alcohol motifs (C(OH)–C–C–N with tert-alkyl or cyclic N) is 2. The van der Waals surface area contributed by atoms with Gasteiger partial charge in [0.15, 0.2) is 6.10 Å². The molecule has 1 aromatic rings. The van der Waals surface area contributed by atoms with E-state index in [0.29, 0.717) is 28.8 Å². The van der Waals surface area contributed by atoms with Crippen molar-refractivity contribution in [2.24, 2.45) is 0 Å². The van der Waals surface area contributed by atoms with Crippen LogP contribution in [-0.4, -0.2) is 46.5 Å². The molecular weight excluding hydrogens is 316 g/mol. The van der Waals surface area contributed by atoms with Crippen LogP contribution < -0.4 is 10.2 Å². The van der Waals surface area contributed by atoms with E-state index in [1.807, 2.05) is 4.90 Å². The van der Waals surface area contributed by atoms with Crippen LogP contribution in [-0.2, 0) is 4.79 Å². The summed E-state index contributed by atoms with van der Waals surface area (Å²) in [4.78, 5) is 13.2. The summed E-state index contributed by atoms with van der Waals surface area (Å²) in [6.45, 7) is 0.657. The van der Waals surface area contributed by atoms with Gasteiger partial charge in [0.05, 0.1) is 17.9 Å². The molecule has 1 fully saturated rings. The number of nitrogens with one attached hydrogen (secondary N) is 1. The molecule has 1 aromatic carbocycles. The Kier molecular flexibility index (Phi) is 3.01. The van der Waals surface area contributed by atoms with Crippen LogP contribution in [0.3, 0.4) is 0 Å². The normalized spacial score (nSPS) is 29.6. The second-order valence-corrected chi connectivity index (χ2v) is 5.68. The van der Waals surface area contributed by atoms with Crippen molar-refractivity contribution in [3.8, 4) is 0 Å². The third kappa shape index (κ3) is 2.02. The number of amides is 1. The number of anilines is 2. The molecule has 2 aliphatic rings. The average Bonchev–Trinajstić information content (AvgIpc) is 2.82. The van der Waals surface area contributed by atoms with Gasteiger partial charge in [0.1, 0.15) is 0 Å². The Balaban J connectivity index is 1.97. The van der Waals surface area contributed by atoms with Crippen LogP contribution in [0.4, 0.5) is 11.4 Å². The molecule has 7 heteroatoms. The van der Waals surface area contributed by atoms with E-state index in [1.54, 1.807) is 12.1 Å². The van der Waals surface area contributed by atoms with Crippen molar-refractivity contribution in [1.29, 1.82) is 0 Å². The molecule has 19 heavy (non-hydrogen) atoms. The number of hydrogen-bond donors (Lipinski definition) is 4. The van der Waals surface area contributed by atoms with Crippen molar-refractivity contribution < 1.29 is 20.1 Å². The summed E-state index contributed by atoms with van der Waals surface area (Å²) in [5, 5.41) is 31.4. The van der Waals surface area contributed by atoms with Crippen molar-refractivity contribution >= 4 is 33.2 Å². The Morgan fingerprint density at radius 1 is 1.21 bits per heavy atom. The van der Waals surface area contributed by atoms with Crippen LogP contribution in [0.25, 0.3) is 0 Å². The number of nitrogens with zero attached hydrogens (tertiary/aromatic N) is 1. The van der Waals surface area contributed by atoms with Crippen LogP contribution in [0.2, 0.25) is 0 Å². The first-order valence-corrected chi connectivity index (χ1v) is 6.70. The van der Waals surface area contributed by atoms with Crippen molar-refractivity contribution in [3.63, 3.8) is 0 Å². The molecule has 4 N–H and O–H groups in total. The molecule has 3 atom stereocenters. The fourth-order valence-corrected chi connectivity index (χ4v) is 3.07. The summed E-state index contributed by atoms with van der Waals surface area (Å²) in [6.07, 6.45) is -2.70. The average molecular weight is 329 g/mol. The second-order valence-electron chi connectivity index (χ2n) is 4.82. The highest BCUT2D eigenvalue weighted by atomic mass is 79.9. The van der Waals surface area contributed by atoms with Crippen LogP contribution in [0.1, 0.15) is 11.7 Å². The quantitative estimate of drug-likeness (QED) is 0.581. The maximum absolute atomic E-state index is 11.4. The Labute approximate surface area is 117 Å². The number of aliphatic hydroxyl groups excluding tert-OH is 3. The molecule has 1 saturated heterocycles. The summed E-state index contributed by atoms with van der Waals surface area (Å²) in [5.74, 6) is -0.444. The topological polar surface area (TPSA) is 93.0 Å². The van der Waals surface area contributed by atoms with Gasteiger partial charge in [0, 0.05) is 28.8 Å². The fourth-order valence-electron chi connectivity index (χ4n) is 2.46. The summed E-state index contributed by atoms with van der Waals surface area (Å²) < 4.78 is 0.711. The van der Waals surface area contributed by atoms with Crippen molar-refractivity contribution in [2.75, 3.05) is 23.3 Å². The number of hydrogen-bond acceptors (Lipinski definition) is 5. The lowest BCUT2D eigenvalue weighted by molar-refractivity contribution is -0.123. The van der Waals surface area contributed by atoms with Gasteiger partial charge in [-0.1, -0.05) is 0 Å². The molecule has 0 bridgehead atoms. The number of carbonyl (C=O) groups is 1. The molecule has 1 amide bonds. The number of rotatable bonds is 1. The largest absolute Gasteiger partial charge is 0.389 e. The van der Waals surface area contributed by atoms with Gasteiger partial charge in [0.2, 0.25) is 0 Å². The van der Waals surface area contributed by atoms with E-state index < -0.39 is 24.2 Å². The van der Waals surface area contributed by atoms with Crippen molar-refractivity contribution in [1.82, 2.24) is 0 Å². The van der Waals surface area contributed by atoms with Crippen LogP contribution in [0.15, 0.2) is 16.6 Å². The molecule has 6 nitrogen and oxygen atoms in total. The van der Waals surface area contributed by atoms with Gasteiger partial charge in [-0.25, -0.2) is 0 Å². The van der Waals surface area contributed by atoms with E-state index in [0.717, 1.165) is 5.69 Å². The molecule has 3 rings (SSSR count). The highest BCUT2D eigenvalue weighted by Crippen LogP contribution is 2.39. The SMILES string of the molecule is O=C1Nc2cc(N3CC(O)C(O)C3)c(Br)cc2C1O. The van der Waals surface area contributed by atoms with E-state index in [4.69, 9.17) is 0 Å². The van der Waals surface area contributed by atoms with Crippen molar-refractivity contribution in [2.45, 2.75) is 18.3 Å². The minimum Gasteiger partial charge on any atom is -0.389 e. The predicted octanol–water partition coefficient (Wildman–Crippen LogP) is -0.0236. The van der Waals surface area contributed by atoms with Gasteiger partial charge in [-0.05, 0) is 28.1 Å². The predicted molar refractivity (Wildman–Crippen MR) is 72.0 cm³/mol. The molecule has 2 aliphatic heterocycles. The molecule has 0 aliphatic carbocycles. The molecule has 2 heterocycles. The van der Waals surface area contributed by atoms with E-state index >= 15 is 0 Å². The van der Waals surface area contributed by atoms with Crippen LogP contribution >= 0.6 is 15.9 Å². The first kappa shape index (κ1) is 12.9. The highest BCUT2D eigenvalue weighted by Gasteiger charge is 2.34. The summed E-state index contributed by atoms with van der Waals surface area (Å²) in [7, 11) is 0. The first-order valence-electron chi connectivity index (χ1n) is 5.91. The van der Waals surface area contributed by atoms with E-state index in [1.165, 1.54) is 0 Å². The molecule has 0 saturated carbocycles. The number of halogens is 1. The first-order chi connectivity index (χ1) is 8.97. The van der Waals surface area contributed by atoms with Gasteiger partial charge in [-0.15, -0.1) is 0 Å². The maximum atomic E-state index is 11.4. The zero-order valence-corrected chi connectivity index (χ0v) is 11.5. The molecule has 0 spiro atoms. The molecule has 102 valence electrons. The summed E-state index contributed by atoms with van der Waals surface area (Å²) >= 11 is 3.39. The number of aliphatic hydroxyl groups is 3. The Bertz CT molecular complexity index is 541. The van der Waals surface area contributed by atoms with Crippen LogP contribution in [0, 0.1) is 0 Å². The minimum absolute atomic E-state index is 0.328. The smallest absolute Gasteiger partial charge is 0.257 e. The number of fused-ring (bicyclic) bond motifs is 1. The summed E-state index contributed by atoms with van der Waals surface area (Å²) in [6, 6.07) is 3.42. The maximum Gasteiger partial charge on any atom is 0.257 e. The molecule has 3 unspecified atom stereocenters. The lowest BCUT2D eigenvalue weighted by Crippen LogP contribution is -2.22. The Hall–Kier alpha value is -1.15. The minimum atomic E-state index is -1.14. The monoisotopic (exact) mass is 328 g/mol. The van der Waals surface area contributed by atoms with Gasteiger partial charge in [0.25, 0.3) is 5.91 Å². The lowest BCUT2D eigenvalue weighted by Gasteiger charge is -2.20. The second kappa shape index (κ2) is 4.45. The third-order valence-corrected chi connectivity index (χ3v) is 4.15. The zero-order valence-electron chi connectivity index (χ0n) is 9.88. The van der Waals surface area contributed by atoms with Gasteiger partial charge < -0.3 is 25.5 Å². The van der Waals surface area contributed by atoms with Gasteiger partial charge in [-0.2, -0.15) is 0 Å². The standard InChI is InChI=1S/C12H13BrN2O4/c13-6-1-5-7(14-12(19)11(5)18)2-8(6)15-3-9(16)10(17)4-15/h1-2,9-11,16-18H,3-4H2,(H,14,19). The number of benzene rings is 1. The Morgan fingerprint density at radius 2 is 1.84 bits per heavy atom. The molecular formula is C12H13BrN2O4. The Morgan fingerprint density at radius 3 is 2.47 bits per heavy atom. The fraction of sp³-hybridized carbons (Fsp3) is 0.417. The highest BCUT2D eigenvalue weighted by molar-refractivity contribution is 9.10. The molecule has 0 aromatic heterocycles. The van der Waals surface area contributed by atoms with Gasteiger partial charge >= 0.3 is 0 Å². The van der Waals surface area contributed by atoms with E-state index in [9.17, 15) is 20.1 Å². The molecule has 0 radical (unpaired) electrons. The lowest BCUT2D eigenvalue weighted by atomic mass is 10.1. The summed E-state index contributed by atoms with van der Waals surface area (Å²) in [5.41, 5.74) is 1.86. The number of carbonyl (C=O) groups excluding carboxylic acids is 1. The van der Waals surface area contributed by atoms with Crippen molar-refractivity contribution in [3.05, 3.63) is 22.2 Å². The van der Waals surface area contributed by atoms with E-state index in [-0.39, 0.29) is 0 Å². The van der Waals surface area contributed by atoms with Gasteiger partial charge in [-0.3, -0.25) is 4.79 Å². The van der Waals surface area contributed by atoms with E-state index in [2.05, 4.69) is 21.2 Å².